The Hall–Kier alpha value is -3.43. The van der Waals surface area contributed by atoms with Crippen LogP contribution >= 0.6 is 0 Å². The van der Waals surface area contributed by atoms with Gasteiger partial charge in [0.25, 0.3) is 0 Å². The van der Waals surface area contributed by atoms with Gasteiger partial charge in [0, 0.05) is 19.6 Å². The molecule has 3 aromatic rings. The molecule has 3 rings (SSSR count). The third-order valence-corrected chi connectivity index (χ3v) is 8.46. The minimum atomic E-state index is -3.95. The molecule has 0 saturated carbocycles. The highest BCUT2D eigenvalue weighted by Crippen LogP contribution is 2.22. The summed E-state index contributed by atoms with van der Waals surface area (Å²) in [6.45, 7) is 5.43. The van der Waals surface area contributed by atoms with Crippen LogP contribution in [-0.2, 0) is 26.2 Å². The Morgan fingerprint density at radius 2 is 1.66 bits per heavy atom. The minimum absolute atomic E-state index is 0.0544. The topological polar surface area (TPSA) is 96.0 Å². The van der Waals surface area contributed by atoms with Crippen molar-refractivity contribution < 1.29 is 22.7 Å². The molecule has 1 N–H and O–H groups in total. The number of likely N-dealkylation sites (N-methyl/N-ethyl adjacent to an activating group) is 1. The lowest BCUT2D eigenvalue weighted by atomic mass is 10.1. The summed E-state index contributed by atoms with van der Waals surface area (Å²) in [5.41, 5.74) is 0.771. The Morgan fingerprint density at radius 1 is 0.947 bits per heavy atom. The van der Waals surface area contributed by atoms with E-state index in [1.807, 2.05) is 57.2 Å². The Balaban J connectivity index is 1.89. The van der Waals surface area contributed by atoms with Crippen LogP contribution in [0.1, 0.15) is 39.2 Å². The summed E-state index contributed by atoms with van der Waals surface area (Å²) < 4.78 is 33.1. The van der Waals surface area contributed by atoms with E-state index in [1.54, 1.807) is 37.4 Å². The molecular weight excluding hydrogens is 502 g/mol. The van der Waals surface area contributed by atoms with Crippen molar-refractivity contribution in [3.8, 4) is 5.75 Å². The molecule has 8 nitrogen and oxygen atoms in total. The van der Waals surface area contributed by atoms with Gasteiger partial charge in [-0.3, -0.25) is 9.59 Å². The Bertz CT molecular complexity index is 1380. The van der Waals surface area contributed by atoms with Crippen molar-refractivity contribution in [2.24, 2.45) is 0 Å². The number of carbonyl (C=O) groups is 2. The van der Waals surface area contributed by atoms with Gasteiger partial charge >= 0.3 is 0 Å². The summed E-state index contributed by atoms with van der Waals surface area (Å²) in [4.78, 5) is 28.4. The van der Waals surface area contributed by atoms with Crippen LogP contribution in [0.2, 0.25) is 0 Å². The number of sulfonamides is 1. The number of hydrogen-bond donors (Lipinski definition) is 1. The highest BCUT2D eigenvalue weighted by molar-refractivity contribution is 7.89. The maximum Gasteiger partial charge on any atom is 0.243 e. The van der Waals surface area contributed by atoms with Gasteiger partial charge in [-0.25, -0.2) is 8.42 Å². The minimum Gasteiger partial charge on any atom is -0.497 e. The number of ether oxygens (including phenoxy) is 1. The largest absolute Gasteiger partial charge is 0.497 e. The molecule has 204 valence electrons. The highest BCUT2D eigenvalue weighted by Gasteiger charge is 2.32. The standard InChI is InChI=1S/C29H37N3O5S/c1-6-21(3)30-29(34)27(7-2)32(19-22-11-10-14-25(17-22)37-5)28(33)20-31(4)38(35,36)26-16-15-23-12-8-9-13-24(23)18-26/h8-18,21,27H,6-7,19-20H2,1-5H3,(H,30,34)/t21-,27-/m1/s1. The number of carbonyl (C=O) groups excluding carboxylic acids is 2. The zero-order chi connectivity index (χ0) is 27.9. The molecule has 0 fully saturated rings. The number of hydrogen-bond acceptors (Lipinski definition) is 5. The maximum absolute atomic E-state index is 13.7. The van der Waals surface area contributed by atoms with Gasteiger partial charge in [0.15, 0.2) is 0 Å². The van der Waals surface area contributed by atoms with Gasteiger partial charge in [-0.05, 0) is 60.4 Å². The fourth-order valence-electron chi connectivity index (χ4n) is 4.20. The monoisotopic (exact) mass is 539 g/mol. The van der Waals surface area contributed by atoms with Crippen LogP contribution in [0.4, 0.5) is 0 Å². The van der Waals surface area contributed by atoms with Crippen molar-refractivity contribution in [1.29, 1.82) is 0 Å². The second-order valence-corrected chi connectivity index (χ2v) is 11.4. The molecule has 0 spiro atoms. The van der Waals surface area contributed by atoms with Crippen molar-refractivity contribution in [3.63, 3.8) is 0 Å². The molecule has 3 aromatic carbocycles. The Labute approximate surface area is 225 Å². The van der Waals surface area contributed by atoms with Gasteiger partial charge in [-0.2, -0.15) is 4.31 Å². The smallest absolute Gasteiger partial charge is 0.243 e. The molecule has 0 bridgehead atoms. The third-order valence-electron chi connectivity index (χ3n) is 6.66. The first-order valence-electron chi connectivity index (χ1n) is 12.8. The van der Waals surface area contributed by atoms with Crippen LogP contribution in [0.15, 0.2) is 71.6 Å². The zero-order valence-electron chi connectivity index (χ0n) is 22.7. The van der Waals surface area contributed by atoms with E-state index in [-0.39, 0.29) is 23.4 Å². The van der Waals surface area contributed by atoms with E-state index in [2.05, 4.69) is 5.32 Å². The quantitative estimate of drug-likeness (QED) is 0.372. The SMILES string of the molecule is CC[C@@H](C)NC(=O)[C@@H](CC)N(Cc1cccc(OC)c1)C(=O)CN(C)S(=O)(=O)c1ccc2ccccc2c1. The van der Waals surface area contributed by atoms with Crippen LogP contribution in [-0.4, -0.2) is 62.2 Å². The van der Waals surface area contributed by atoms with Gasteiger partial charge < -0.3 is 15.0 Å². The van der Waals surface area contributed by atoms with Crippen LogP contribution < -0.4 is 10.1 Å². The number of nitrogens with zero attached hydrogens (tertiary/aromatic N) is 2. The van der Waals surface area contributed by atoms with Crippen molar-refractivity contribution >= 4 is 32.6 Å². The summed E-state index contributed by atoms with van der Waals surface area (Å²) >= 11 is 0. The summed E-state index contributed by atoms with van der Waals surface area (Å²) in [6.07, 6.45) is 1.12. The molecule has 0 aliphatic heterocycles. The number of nitrogens with one attached hydrogen (secondary N) is 1. The number of amides is 2. The van der Waals surface area contributed by atoms with Crippen LogP contribution in [0.3, 0.4) is 0 Å². The molecule has 0 radical (unpaired) electrons. The molecule has 0 aliphatic rings. The molecule has 0 saturated heterocycles. The predicted molar refractivity (Wildman–Crippen MR) is 149 cm³/mol. The first kappa shape index (κ1) is 29.1. The number of methoxy groups -OCH3 is 1. The van der Waals surface area contributed by atoms with Gasteiger partial charge in [0.1, 0.15) is 11.8 Å². The van der Waals surface area contributed by atoms with Gasteiger partial charge in [-0.1, -0.05) is 56.3 Å². The predicted octanol–water partition coefficient (Wildman–Crippen LogP) is 4.19. The molecule has 0 unspecified atom stereocenters. The van der Waals surface area contributed by atoms with E-state index < -0.39 is 28.5 Å². The van der Waals surface area contributed by atoms with Crippen LogP contribution in [0, 0.1) is 0 Å². The van der Waals surface area contributed by atoms with E-state index in [9.17, 15) is 18.0 Å². The molecule has 0 heterocycles. The fourth-order valence-corrected chi connectivity index (χ4v) is 5.36. The zero-order valence-corrected chi connectivity index (χ0v) is 23.5. The summed E-state index contributed by atoms with van der Waals surface area (Å²) in [6, 6.07) is 18.8. The first-order valence-corrected chi connectivity index (χ1v) is 14.2. The molecule has 0 aliphatic carbocycles. The summed E-state index contributed by atoms with van der Waals surface area (Å²) in [7, 11) is -1.01. The molecular formula is C29H37N3O5S. The van der Waals surface area contributed by atoms with E-state index in [0.29, 0.717) is 12.2 Å². The second-order valence-electron chi connectivity index (χ2n) is 9.39. The average molecular weight is 540 g/mol. The molecule has 2 amide bonds. The van der Waals surface area contributed by atoms with E-state index in [0.717, 1.165) is 27.1 Å². The molecule has 9 heteroatoms. The second kappa shape index (κ2) is 12.9. The normalized spacial score (nSPS) is 13.2. The van der Waals surface area contributed by atoms with E-state index >= 15 is 0 Å². The Kier molecular flexibility index (Phi) is 9.88. The van der Waals surface area contributed by atoms with E-state index in [4.69, 9.17) is 4.74 Å². The Morgan fingerprint density at radius 3 is 2.32 bits per heavy atom. The number of benzene rings is 3. The van der Waals surface area contributed by atoms with E-state index in [1.165, 1.54) is 11.9 Å². The van der Waals surface area contributed by atoms with Crippen molar-refractivity contribution in [2.75, 3.05) is 20.7 Å². The molecule has 0 aromatic heterocycles. The summed E-state index contributed by atoms with van der Waals surface area (Å²) in [5, 5.41) is 4.68. The molecule has 38 heavy (non-hydrogen) atoms. The lowest BCUT2D eigenvalue weighted by Gasteiger charge is -2.32. The van der Waals surface area contributed by atoms with Gasteiger partial charge in [0.2, 0.25) is 21.8 Å². The van der Waals surface area contributed by atoms with Crippen molar-refractivity contribution in [1.82, 2.24) is 14.5 Å². The average Bonchev–Trinajstić information content (AvgIpc) is 2.92. The summed E-state index contributed by atoms with van der Waals surface area (Å²) in [5.74, 6) is -0.105. The lowest BCUT2D eigenvalue weighted by molar-refractivity contribution is -0.141. The van der Waals surface area contributed by atoms with Gasteiger partial charge in [0.05, 0.1) is 18.6 Å². The van der Waals surface area contributed by atoms with Crippen LogP contribution in [0.5, 0.6) is 5.75 Å². The lowest BCUT2D eigenvalue weighted by Crippen LogP contribution is -2.53. The van der Waals surface area contributed by atoms with Crippen LogP contribution in [0.25, 0.3) is 10.8 Å². The fraction of sp³-hybridized carbons (Fsp3) is 0.379. The molecule has 2 atom stereocenters. The number of rotatable bonds is 12. The third kappa shape index (κ3) is 6.90. The maximum atomic E-state index is 13.7. The first-order chi connectivity index (χ1) is 18.1. The van der Waals surface area contributed by atoms with Crippen molar-refractivity contribution in [2.45, 2.75) is 57.1 Å². The number of fused-ring (bicyclic) bond motifs is 1. The van der Waals surface area contributed by atoms with Gasteiger partial charge in [-0.15, -0.1) is 0 Å². The van der Waals surface area contributed by atoms with Crippen molar-refractivity contribution in [3.05, 3.63) is 72.3 Å². The highest BCUT2D eigenvalue weighted by atomic mass is 32.2.